The van der Waals surface area contributed by atoms with Gasteiger partial charge in [0.1, 0.15) is 11.9 Å². The number of hydrogen-bond acceptors (Lipinski definition) is 5. The maximum absolute atomic E-state index is 12.5. The van der Waals surface area contributed by atoms with Gasteiger partial charge < -0.3 is 19.5 Å². The molecule has 1 amide bonds. The van der Waals surface area contributed by atoms with Crippen LogP contribution in [-0.4, -0.2) is 54.3 Å². The van der Waals surface area contributed by atoms with Crippen LogP contribution in [0.5, 0.6) is 5.75 Å². The Morgan fingerprint density at radius 1 is 1.07 bits per heavy atom. The number of hydrogen-bond donors (Lipinski definition) is 1. The Labute approximate surface area is 159 Å². The lowest BCUT2D eigenvalue weighted by Crippen LogP contribution is -2.42. The molecule has 1 saturated heterocycles. The van der Waals surface area contributed by atoms with Crippen molar-refractivity contribution in [3.8, 4) is 5.75 Å². The van der Waals surface area contributed by atoms with E-state index in [1.807, 2.05) is 4.90 Å². The summed E-state index contributed by atoms with van der Waals surface area (Å²) in [6.45, 7) is 1.56. The molecular weight excluding hydrogens is 346 g/mol. The second-order valence-electron chi connectivity index (χ2n) is 8.10. The summed E-state index contributed by atoms with van der Waals surface area (Å²) >= 11 is 0. The van der Waals surface area contributed by atoms with Gasteiger partial charge in [0.15, 0.2) is 0 Å². The summed E-state index contributed by atoms with van der Waals surface area (Å²) < 4.78 is 10.7. The quantitative estimate of drug-likeness (QED) is 0.820. The van der Waals surface area contributed by atoms with Crippen molar-refractivity contribution in [1.82, 2.24) is 4.90 Å². The fraction of sp³-hybridized carbons (Fsp3) is 0.619. The molecule has 1 N–H and O–H groups in total. The van der Waals surface area contributed by atoms with Gasteiger partial charge in [-0.1, -0.05) is 6.42 Å². The Bertz CT molecular complexity index is 699. The van der Waals surface area contributed by atoms with Crippen molar-refractivity contribution < 1.29 is 24.2 Å². The lowest BCUT2D eigenvalue weighted by atomic mass is 9.78. The van der Waals surface area contributed by atoms with Crippen molar-refractivity contribution in [2.45, 2.75) is 44.3 Å². The first-order chi connectivity index (χ1) is 13.0. The van der Waals surface area contributed by atoms with Crippen LogP contribution < -0.4 is 4.74 Å². The Morgan fingerprint density at radius 2 is 1.74 bits per heavy atom. The van der Waals surface area contributed by atoms with E-state index in [1.54, 1.807) is 24.3 Å². The molecule has 146 valence electrons. The van der Waals surface area contributed by atoms with E-state index in [0.717, 1.165) is 32.4 Å². The van der Waals surface area contributed by atoms with Gasteiger partial charge in [0.05, 0.1) is 18.8 Å². The SMILES string of the molecule is COC(=O)c1ccc(O[C@@H]2C[C@@H]3CN(C(=O)C4CCC4)C[C@@H]3C[C@H]2O)cc1. The van der Waals surface area contributed by atoms with Crippen molar-refractivity contribution in [3.63, 3.8) is 0 Å². The number of rotatable bonds is 4. The number of aliphatic hydroxyl groups is 1. The van der Waals surface area contributed by atoms with Crippen LogP contribution in [0.25, 0.3) is 0 Å². The molecule has 1 aromatic rings. The van der Waals surface area contributed by atoms with Crippen LogP contribution in [0.15, 0.2) is 24.3 Å². The number of fused-ring (bicyclic) bond motifs is 1. The number of amides is 1. The number of benzene rings is 1. The molecule has 3 fully saturated rings. The second-order valence-corrected chi connectivity index (χ2v) is 8.10. The molecule has 2 aliphatic carbocycles. The Balaban J connectivity index is 1.36. The summed E-state index contributed by atoms with van der Waals surface area (Å²) in [5.41, 5.74) is 0.468. The van der Waals surface area contributed by atoms with E-state index >= 15 is 0 Å². The molecule has 6 nitrogen and oxygen atoms in total. The minimum absolute atomic E-state index is 0.232. The smallest absolute Gasteiger partial charge is 0.337 e. The van der Waals surface area contributed by atoms with E-state index in [-0.39, 0.29) is 18.0 Å². The average Bonchev–Trinajstić information content (AvgIpc) is 3.03. The molecule has 1 aliphatic heterocycles. The lowest BCUT2D eigenvalue weighted by molar-refractivity contribution is -0.137. The maximum Gasteiger partial charge on any atom is 0.337 e. The van der Waals surface area contributed by atoms with Crippen molar-refractivity contribution in [1.29, 1.82) is 0 Å². The number of esters is 1. The molecule has 3 aliphatic rings. The third-order valence-corrected chi connectivity index (χ3v) is 6.41. The number of carbonyl (C=O) groups excluding carboxylic acids is 2. The minimum atomic E-state index is -0.537. The average molecular weight is 373 g/mol. The highest BCUT2D eigenvalue weighted by Crippen LogP contribution is 2.40. The minimum Gasteiger partial charge on any atom is -0.488 e. The van der Waals surface area contributed by atoms with Crippen LogP contribution in [0.2, 0.25) is 0 Å². The largest absolute Gasteiger partial charge is 0.488 e. The third-order valence-electron chi connectivity index (χ3n) is 6.41. The number of likely N-dealkylation sites (tertiary alicyclic amines) is 1. The Kier molecular flexibility index (Phi) is 5.08. The van der Waals surface area contributed by atoms with Crippen LogP contribution >= 0.6 is 0 Å². The van der Waals surface area contributed by atoms with Gasteiger partial charge in [-0.2, -0.15) is 0 Å². The first-order valence-electron chi connectivity index (χ1n) is 9.87. The van der Waals surface area contributed by atoms with Gasteiger partial charge in [-0.25, -0.2) is 4.79 Å². The van der Waals surface area contributed by atoms with Crippen LogP contribution in [0.1, 0.15) is 42.5 Å². The number of ether oxygens (including phenoxy) is 2. The highest BCUT2D eigenvalue weighted by molar-refractivity contribution is 5.89. The van der Waals surface area contributed by atoms with Crippen molar-refractivity contribution >= 4 is 11.9 Å². The molecule has 0 spiro atoms. The highest BCUT2D eigenvalue weighted by Gasteiger charge is 2.45. The van der Waals surface area contributed by atoms with E-state index < -0.39 is 6.10 Å². The van der Waals surface area contributed by atoms with E-state index in [9.17, 15) is 14.7 Å². The molecule has 0 radical (unpaired) electrons. The monoisotopic (exact) mass is 373 g/mol. The van der Waals surface area contributed by atoms with Crippen LogP contribution in [0, 0.1) is 17.8 Å². The molecule has 1 heterocycles. The topological polar surface area (TPSA) is 76.1 Å². The van der Waals surface area contributed by atoms with Crippen molar-refractivity contribution in [2.24, 2.45) is 17.8 Å². The molecule has 6 heteroatoms. The summed E-state index contributed by atoms with van der Waals surface area (Å²) in [4.78, 5) is 26.1. The zero-order chi connectivity index (χ0) is 19.0. The normalized spacial score (nSPS) is 30.4. The fourth-order valence-corrected chi connectivity index (χ4v) is 4.57. The number of nitrogens with zero attached hydrogens (tertiary/aromatic N) is 1. The number of carbonyl (C=O) groups is 2. The first-order valence-corrected chi connectivity index (χ1v) is 9.87. The first kappa shape index (κ1) is 18.3. The maximum atomic E-state index is 12.5. The van der Waals surface area contributed by atoms with Gasteiger partial charge in [-0.05, 0) is 61.8 Å². The zero-order valence-corrected chi connectivity index (χ0v) is 15.7. The van der Waals surface area contributed by atoms with Crippen LogP contribution in [-0.2, 0) is 9.53 Å². The van der Waals surface area contributed by atoms with Crippen molar-refractivity contribution in [2.75, 3.05) is 20.2 Å². The molecule has 4 rings (SSSR count). The summed E-state index contributed by atoms with van der Waals surface area (Å²) in [5.74, 6) is 1.54. The zero-order valence-electron chi connectivity index (χ0n) is 15.7. The van der Waals surface area contributed by atoms with E-state index in [2.05, 4.69) is 0 Å². The third kappa shape index (κ3) is 3.68. The molecule has 1 aromatic carbocycles. The summed E-state index contributed by atoms with van der Waals surface area (Å²) in [5, 5.41) is 10.5. The lowest BCUT2D eigenvalue weighted by Gasteiger charge is -2.35. The number of aliphatic hydroxyl groups excluding tert-OH is 1. The fourth-order valence-electron chi connectivity index (χ4n) is 4.57. The predicted molar refractivity (Wildman–Crippen MR) is 98.3 cm³/mol. The Morgan fingerprint density at radius 3 is 2.33 bits per heavy atom. The molecule has 27 heavy (non-hydrogen) atoms. The molecule has 0 bridgehead atoms. The van der Waals surface area contributed by atoms with Gasteiger partial charge in [0, 0.05) is 19.0 Å². The van der Waals surface area contributed by atoms with E-state index in [0.29, 0.717) is 35.5 Å². The molecule has 2 saturated carbocycles. The van der Waals surface area contributed by atoms with Gasteiger partial charge in [0.25, 0.3) is 0 Å². The van der Waals surface area contributed by atoms with E-state index in [1.165, 1.54) is 13.5 Å². The van der Waals surface area contributed by atoms with Crippen molar-refractivity contribution in [3.05, 3.63) is 29.8 Å². The molecule has 4 atom stereocenters. The van der Waals surface area contributed by atoms with Crippen LogP contribution in [0.3, 0.4) is 0 Å². The summed E-state index contributed by atoms with van der Waals surface area (Å²) in [6, 6.07) is 6.78. The predicted octanol–water partition coefficient (Wildman–Crippen LogP) is 2.25. The molecule has 0 aromatic heterocycles. The second kappa shape index (κ2) is 7.50. The van der Waals surface area contributed by atoms with E-state index in [4.69, 9.17) is 9.47 Å². The van der Waals surface area contributed by atoms with Gasteiger partial charge >= 0.3 is 5.97 Å². The Hall–Kier alpha value is -2.08. The summed E-state index contributed by atoms with van der Waals surface area (Å²) in [7, 11) is 1.35. The van der Waals surface area contributed by atoms with Gasteiger partial charge in [-0.15, -0.1) is 0 Å². The molecule has 0 unspecified atom stereocenters. The standard InChI is InChI=1S/C21H27NO5/c1-26-21(25)14-5-7-17(8-6-14)27-19-10-16-12-22(11-15(16)9-18(19)23)20(24)13-3-2-4-13/h5-8,13,15-16,18-19,23H,2-4,9-12H2,1H3/t15-,16+,18+,19+/m0/s1. The summed E-state index contributed by atoms with van der Waals surface area (Å²) in [6.07, 6.45) is 3.82. The highest BCUT2D eigenvalue weighted by atomic mass is 16.5. The number of methoxy groups -OCH3 is 1. The van der Waals surface area contributed by atoms with Crippen LogP contribution in [0.4, 0.5) is 0 Å². The van der Waals surface area contributed by atoms with Gasteiger partial charge in [-0.3, -0.25) is 4.79 Å². The molecular formula is C21H27NO5. The van der Waals surface area contributed by atoms with Gasteiger partial charge in [0.2, 0.25) is 5.91 Å².